The number of thioether (sulfide) groups is 1. The Bertz CT molecular complexity index is 1150. The summed E-state index contributed by atoms with van der Waals surface area (Å²) in [5, 5.41) is 14.0. The van der Waals surface area contributed by atoms with Crippen LogP contribution in [-0.4, -0.2) is 47.4 Å². The summed E-state index contributed by atoms with van der Waals surface area (Å²) in [6, 6.07) is 6.68. The largest absolute Gasteiger partial charge is 0.394 e. The van der Waals surface area contributed by atoms with Gasteiger partial charge in [0.05, 0.1) is 17.5 Å². The molecular formula is C20H27N5O3S3. The molecule has 0 spiro atoms. The van der Waals surface area contributed by atoms with Crippen LogP contribution >= 0.6 is 23.1 Å². The molecular weight excluding hydrogens is 454 g/mol. The number of nitrogens with zero attached hydrogens (tertiary/aromatic N) is 3. The van der Waals surface area contributed by atoms with E-state index in [2.05, 4.69) is 34.1 Å². The highest BCUT2D eigenvalue weighted by Crippen LogP contribution is 2.37. The molecule has 11 heteroatoms. The van der Waals surface area contributed by atoms with Crippen molar-refractivity contribution in [3.05, 3.63) is 29.8 Å². The molecule has 3 aromatic rings. The summed E-state index contributed by atoms with van der Waals surface area (Å²) in [4.78, 5) is 13.8. The van der Waals surface area contributed by atoms with Crippen LogP contribution in [0.5, 0.6) is 0 Å². The maximum absolute atomic E-state index is 11.7. The van der Waals surface area contributed by atoms with Crippen molar-refractivity contribution in [1.29, 1.82) is 0 Å². The van der Waals surface area contributed by atoms with Gasteiger partial charge >= 0.3 is 0 Å². The second-order valence-electron chi connectivity index (χ2n) is 7.81. The van der Waals surface area contributed by atoms with E-state index in [1.54, 1.807) is 24.3 Å². The molecule has 3 rings (SSSR count). The van der Waals surface area contributed by atoms with Crippen molar-refractivity contribution in [2.75, 3.05) is 23.9 Å². The van der Waals surface area contributed by atoms with Crippen molar-refractivity contribution in [2.45, 2.75) is 48.5 Å². The first-order valence-corrected chi connectivity index (χ1v) is 13.4. The Labute approximate surface area is 190 Å². The van der Waals surface area contributed by atoms with Gasteiger partial charge in [0.2, 0.25) is 0 Å². The van der Waals surface area contributed by atoms with Crippen molar-refractivity contribution in [3.8, 4) is 0 Å². The zero-order chi connectivity index (χ0) is 22.8. The molecule has 0 fully saturated rings. The van der Waals surface area contributed by atoms with Crippen molar-refractivity contribution in [1.82, 2.24) is 15.0 Å². The lowest BCUT2D eigenvalue weighted by Crippen LogP contribution is -2.26. The molecule has 0 aliphatic rings. The maximum Gasteiger partial charge on any atom is 0.192 e. The number of nitrogens with one attached hydrogen (secondary N) is 1. The molecule has 0 bridgehead atoms. The Kier molecular flexibility index (Phi) is 7.40. The minimum atomic E-state index is -3.23. The number of aliphatic hydroxyl groups excluding tert-OH is 1. The second-order valence-corrected chi connectivity index (χ2v) is 12.2. The van der Waals surface area contributed by atoms with Crippen LogP contribution < -0.4 is 11.1 Å². The first kappa shape index (κ1) is 23.7. The molecule has 0 aliphatic carbocycles. The molecule has 31 heavy (non-hydrogen) atoms. The second kappa shape index (κ2) is 9.68. The van der Waals surface area contributed by atoms with Gasteiger partial charge in [-0.1, -0.05) is 49.1 Å². The van der Waals surface area contributed by atoms with Crippen molar-refractivity contribution in [3.63, 3.8) is 0 Å². The quantitative estimate of drug-likeness (QED) is 0.309. The number of sulfone groups is 1. The average molecular weight is 482 g/mol. The zero-order valence-electron chi connectivity index (χ0n) is 17.9. The molecule has 1 aromatic carbocycles. The average Bonchev–Trinajstić information content (AvgIpc) is 3.07. The predicted molar refractivity (Wildman–Crippen MR) is 127 cm³/mol. The highest BCUT2D eigenvalue weighted by atomic mass is 32.2. The zero-order valence-corrected chi connectivity index (χ0v) is 20.3. The standard InChI is InChI=1S/C20H27N5O3S3/c1-11(2)9-14(10-26)22-17-16-18(23-19(21)30-16)25-20(24-17)29-12(3)13-5-7-15(8-6-13)31(4,27)28/h5-8,11-12,14,26H,9-10H2,1-4H3,(H3,21,22,23,24,25)/t12?,14-/m1/s1. The number of hydrogen-bond acceptors (Lipinski definition) is 10. The van der Waals surface area contributed by atoms with Gasteiger partial charge in [-0.3, -0.25) is 0 Å². The first-order valence-electron chi connectivity index (χ1n) is 9.85. The number of hydrogen-bond donors (Lipinski definition) is 3. The van der Waals surface area contributed by atoms with Crippen LogP contribution in [-0.2, 0) is 9.84 Å². The normalized spacial score (nSPS) is 14.1. The van der Waals surface area contributed by atoms with Crippen LogP contribution in [0.2, 0.25) is 0 Å². The highest BCUT2D eigenvalue weighted by molar-refractivity contribution is 7.99. The molecule has 0 saturated heterocycles. The van der Waals surface area contributed by atoms with Gasteiger partial charge in [0, 0.05) is 11.5 Å². The summed E-state index contributed by atoms with van der Waals surface area (Å²) < 4.78 is 24.1. The third-order valence-electron chi connectivity index (χ3n) is 4.63. The number of aromatic nitrogens is 3. The van der Waals surface area contributed by atoms with E-state index in [9.17, 15) is 13.5 Å². The number of nitrogen functional groups attached to an aromatic ring is 1. The van der Waals surface area contributed by atoms with Crippen molar-refractivity contribution < 1.29 is 13.5 Å². The predicted octanol–water partition coefficient (Wildman–Crippen LogP) is 3.74. The van der Waals surface area contributed by atoms with Gasteiger partial charge in [0.1, 0.15) is 4.70 Å². The number of rotatable bonds is 9. The Balaban J connectivity index is 1.88. The van der Waals surface area contributed by atoms with Crippen LogP contribution in [0.15, 0.2) is 34.3 Å². The maximum atomic E-state index is 11.7. The topological polar surface area (TPSA) is 131 Å². The molecule has 0 amide bonds. The van der Waals surface area contributed by atoms with Gasteiger partial charge in [-0.05, 0) is 37.0 Å². The number of aliphatic hydroxyl groups is 1. The Morgan fingerprint density at radius 1 is 1.16 bits per heavy atom. The van der Waals surface area contributed by atoms with Gasteiger partial charge in [0.15, 0.2) is 31.6 Å². The van der Waals surface area contributed by atoms with E-state index in [1.807, 2.05) is 6.92 Å². The summed E-state index contributed by atoms with van der Waals surface area (Å²) in [6.07, 6.45) is 1.98. The molecule has 0 radical (unpaired) electrons. The monoisotopic (exact) mass is 481 g/mol. The van der Waals surface area contributed by atoms with E-state index in [0.29, 0.717) is 27.7 Å². The molecule has 168 valence electrons. The summed E-state index contributed by atoms with van der Waals surface area (Å²) in [5.74, 6) is 1.03. The minimum absolute atomic E-state index is 0.0104. The summed E-state index contributed by atoms with van der Waals surface area (Å²) in [6.45, 7) is 6.19. The van der Waals surface area contributed by atoms with Crippen molar-refractivity contribution >= 4 is 54.2 Å². The van der Waals surface area contributed by atoms with E-state index >= 15 is 0 Å². The van der Waals surface area contributed by atoms with Gasteiger partial charge < -0.3 is 16.2 Å². The fraction of sp³-hybridized carbons (Fsp3) is 0.450. The third-order valence-corrected chi connectivity index (χ3v) is 7.65. The summed E-state index contributed by atoms with van der Waals surface area (Å²) >= 11 is 2.76. The SMILES string of the molecule is CC(C)C[C@H](CO)Nc1nc(SC(C)c2ccc(S(C)(=O)=O)cc2)nc2nc(N)sc12. The number of fused-ring (bicyclic) bond motifs is 1. The van der Waals surface area contributed by atoms with Crippen LogP contribution in [0.3, 0.4) is 0 Å². The fourth-order valence-electron chi connectivity index (χ4n) is 3.12. The molecule has 2 atom stereocenters. The molecule has 8 nitrogen and oxygen atoms in total. The lowest BCUT2D eigenvalue weighted by atomic mass is 10.0. The molecule has 0 saturated carbocycles. The highest BCUT2D eigenvalue weighted by Gasteiger charge is 2.19. The molecule has 1 unspecified atom stereocenters. The summed E-state index contributed by atoms with van der Waals surface area (Å²) in [7, 11) is -3.23. The Morgan fingerprint density at radius 2 is 1.84 bits per heavy atom. The van der Waals surface area contributed by atoms with Crippen LogP contribution in [0.25, 0.3) is 10.3 Å². The molecule has 2 heterocycles. The van der Waals surface area contributed by atoms with E-state index in [4.69, 9.17) is 5.73 Å². The minimum Gasteiger partial charge on any atom is -0.394 e. The third kappa shape index (κ3) is 6.06. The van der Waals surface area contributed by atoms with Crippen LogP contribution in [0.4, 0.5) is 10.9 Å². The number of nitrogens with two attached hydrogens (primary N) is 1. The summed E-state index contributed by atoms with van der Waals surface area (Å²) in [5.41, 5.74) is 7.38. The van der Waals surface area contributed by atoms with Gasteiger partial charge in [-0.2, -0.15) is 0 Å². The molecule has 4 N–H and O–H groups in total. The Hall–Kier alpha value is -1.95. The van der Waals surface area contributed by atoms with Crippen LogP contribution in [0.1, 0.15) is 38.0 Å². The molecule has 0 aliphatic heterocycles. The number of anilines is 2. The van der Waals surface area contributed by atoms with Crippen LogP contribution in [0, 0.1) is 5.92 Å². The smallest absolute Gasteiger partial charge is 0.192 e. The lowest BCUT2D eigenvalue weighted by Gasteiger charge is -2.19. The number of benzene rings is 1. The van der Waals surface area contributed by atoms with Gasteiger partial charge in [-0.25, -0.2) is 23.4 Å². The van der Waals surface area contributed by atoms with E-state index in [-0.39, 0.29) is 22.8 Å². The van der Waals surface area contributed by atoms with Gasteiger partial charge in [-0.15, -0.1) is 0 Å². The first-order chi connectivity index (χ1) is 14.6. The van der Waals surface area contributed by atoms with E-state index in [1.165, 1.54) is 29.4 Å². The van der Waals surface area contributed by atoms with Gasteiger partial charge in [0.25, 0.3) is 0 Å². The Morgan fingerprint density at radius 3 is 2.42 bits per heavy atom. The fourth-order valence-corrected chi connectivity index (χ4v) is 5.37. The van der Waals surface area contributed by atoms with E-state index < -0.39 is 9.84 Å². The molecule has 2 aromatic heterocycles. The van der Waals surface area contributed by atoms with E-state index in [0.717, 1.165) is 16.7 Å². The number of thiazole rings is 1. The lowest BCUT2D eigenvalue weighted by molar-refractivity contribution is 0.259. The van der Waals surface area contributed by atoms with Crippen molar-refractivity contribution in [2.24, 2.45) is 5.92 Å².